The van der Waals surface area contributed by atoms with Crippen molar-refractivity contribution in [3.8, 4) is 23.1 Å². The first kappa shape index (κ1) is 19.3. The molecule has 0 aliphatic carbocycles. The first-order chi connectivity index (χ1) is 14.4. The molecule has 0 radical (unpaired) electrons. The van der Waals surface area contributed by atoms with E-state index in [1.165, 1.54) is 18.3 Å². The summed E-state index contributed by atoms with van der Waals surface area (Å²) >= 11 is 0. The van der Waals surface area contributed by atoms with E-state index in [1.54, 1.807) is 35.2 Å². The van der Waals surface area contributed by atoms with Gasteiger partial charge in [-0.25, -0.2) is 24.6 Å². The normalized spacial score (nSPS) is 11.2. The average Bonchev–Trinajstić information content (AvgIpc) is 3.16. The van der Waals surface area contributed by atoms with Crippen LogP contribution in [0.15, 0.2) is 61.1 Å². The van der Waals surface area contributed by atoms with Crippen LogP contribution in [-0.4, -0.2) is 35.1 Å². The molecule has 0 saturated carbocycles. The van der Waals surface area contributed by atoms with Crippen molar-refractivity contribution >= 4 is 27.3 Å². The molecule has 0 aliphatic rings. The SMILES string of the molecule is CN(c1ncc(C#N)c(-c2ccc(OS(N)(=O)=O)cc2)n1)n1cnc2ccccc21. The fourth-order valence-corrected chi connectivity index (χ4v) is 3.29. The van der Waals surface area contributed by atoms with Crippen LogP contribution in [0.2, 0.25) is 0 Å². The van der Waals surface area contributed by atoms with Gasteiger partial charge in [0.15, 0.2) is 0 Å². The van der Waals surface area contributed by atoms with Crippen molar-refractivity contribution in [2.75, 3.05) is 12.1 Å². The number of imidazole rings is 1. The molecule has 2 N–H and O–H groups in total. The number of nitrogens with two attached hydrogens (primary N) is 1. The number of anilines is 1. The summed E-state index contributed by atoms with van der Waals surface area (Å²) in [4.78, 5) is 13.2. The number of para-hydroxylation sites is 2. The number of nitrogens with zero attached hydrogens (tertiary/aromatic N) is 6. The second kappa shape index (κ2) is 7.43. The molecular formula is C19H15N7O3S. The third kappa shape index (κ3) is 3.77. The predicted octanol–water partition coefficient (Wildman–Crippen LogP) is 1.85. The Hall–Kier alpha value is -4.01. The van der Waals surface area contributed by atoms with Crippen molar-refractivity contribution in [2.45, 2.75) is 0 Å². The average molecular weight is 421 g/mol. The molecule has 4 rings (SSSR count). The summed E-state index contributed by atoms with van der Waals surface area (Å²) in [6, 6.07) is 15.7. The zero-order valence-corrected chi connectivity index (χ0v) is 16.5. The lowest BCUT2D eigenvalue weighted by Gasteiger charge is -2.19. The summed E-state index contributed by atoms with van der Waals surface area (Å²) in [5.41, 5.74) is 2.94. The zero-order valence-electron chi connectivity index (χ0n) is 15.7. The van der Waals surface area contributed by atoms with Gasteiger partial charge in [0.05, 0.1) is 28.5 Å². The molecule has 0 unspecified atom stereocenters. The lowest BCUT2D eigenvalue weighted by Crippen LogP contribution is -2.25. The molecule has 0 bridgehead atoms. The minimum atomic E-state index is -4.12. The van der Waals surface area contributed by atoms with Crippen LogP contribution in [0.3, 0.4) is 0 Å². The van der Waals surface area contributed by atoms with Crippen LogP contribution < -0.4 is 14.3 Å². The monoisotopic (exact) mass is 421 g/mol. The van der Waals surface area contributed by atoms with Crippen molar-refractivity contribution in [3.63, 3.8) is 0 Å². The van der Waals surface area contributed by atoms with Crippen molar-refractivity contribution in [1.29, 1.82) is 5.26 Å². The molecule has 30 heavy (non-hydrogen) atoms. The van der Waals surface area contributed by atoms with Gasteiger partial charge in [0.2, 0.25) is 5.95 Å². The van der Waals surface area contributed by atoms with Crippen LogP contribution in [0.4, 0.5) is 5.95 Å². The fourth-order valence-electron chi connectivity index (χ4n) is 2.91. The maximum absolute atomic E-state index is 11.1. The Bertz CT molecular complexity index is 1380. The highest BCUT2D eigenvalue weighted by Gasteiger charge is 2.15. The summed E-state index contributed by atoms with van der Waals surface area (Å²) < 4.78 is 28.6. The molecule has 2 aromatic heterocycles. The summed E-state index contributed by atoms with van der Waals surface area (Å²) in [7, 11) is -2.34. The van der Waals surface area contributed by atoms with Gasteiger partial charge >= 0.3 is 10.3 Å². The Morgan fingerprint density at radius 1 is 1.13 bits per heavy atom. The van der Waals surface area contributed by atoms with Gasteiger partial charge < -0.3 is 4.18 Å². The first-order valence-electron chi connectivity index (χ1n) is 8.61. The van der Waals surface area contributed by atoms with Gasteiger partial charge in [0.25, 0.3) is 0 Å². The zero-order chi connectivity index (χ0) is 21.3. The predicted molar refractivity (Wildman–Crippen MR) is 109 cm³/mol. The summed E-state index contributed by atoms with van der Waals surface area (Å²) in [6.45, 7) is 0. The molecule has 4 aromatic rings. The maximum Gasteiger partial charge on any atom is 0.380 e. The number of nitriles is 1. The molecule has 11 heteroatoms. The number of aromatic nitrogens is 4. The molecular weight excluding hydrogens is 406 g/mol. The highest BCUT2D eigenvalue weighted by atomic mass is 32.2. The lowest BCUT2D eigenvalue weighted by molar-refractivity contribution is 0.488. The minimum Gasteiger partial charge on any atom is -0.371 e. The van der Waals surface area contributed by atoms with Crippen LogP contribution in [0.1, 0.15) is 5.56 Å². The molecule has 10 nitrogen and oxygen atoms in total. The van der Waals surface area contributed by atoms with Gasteiger partial charge in [-0.05, 0) is 36.4 Å². The van der Waals surface area contributed by atoms with E-state index in [-0.39, 0.29) is 11.3 Å². The van der Waals surface area contributed by atoms with Crippen molar-refractivity contribution in [3.05, 3.63) is 66.6 Å². The van der Waals surface area contributed by atoms with Crippen molar-refractivity contribution in [2.24, 2.45) is 5.14 Å². The van der Waals surface area contributed by atoms with E-state index in [4.69, 9.17) is 5.14 Å². The Morgan fingerprint density at radius 3 is 2.57 bits per heavy atom. The summed E-state index contributed by atoms with van der Waals surface area (Å²) in [6.07, 6.45) is 3.09. The van der Waals surface area contributed by atoms with Gasteiger partial charge in [0, 0.05) is 12.6 Å². The third-order valence-electron chi connectivity index (χ3n) is 4.28. The summed E-state index contributed by atoms with van der Waals surface area (Å²) in [5.74, 6) is 0.396. The van der Waals surface area contributed by atoms with Gasteiger partial charge in [-0.2, -0.15) is 18.8 Å². The molecule has 0 atom stereocenters. The molecule has 2 aromatic carbocycles. The molecule has 0 saturated heterocycles. The summed E-state index contributed by atoms with van der Waals surface area (Å²) in [5, 5.41) is 16.0. The molecule has 2 heterocycles. The Kier molecular flexibility index (Phi) is 4.78. The first-order valence-corrected chi connectivity index (χ1v) is 10.1. The van der Waals surface area contributed by atoms with Crippen LogP contribution in [0.25, 0.3) is 22.3 Å². The lowest BCUT2D eigenvalue weighted by atomic mass is 10.1. The van der Waals surface area contributed by atoms with E-state index in [0.717, 1.165) is 11.0 Å². The molecule has 0 fully saturated rings. The van der Waals surface area contributed by atoms with E-state index in [0.29, 0.717) is 17.2 Å². The second-order valence-electron chi connectivity index (χ2n) is 6.25. The molecule has 0 aliphatic heterocycles. The molecule has 0 spiro atoms. The number of benzene rings is 2. The van der Waals surface area contributed by atoms with Gasteiger partial charge in [-0.3, -0.25) is 0 Å². The Balaban J connectivity index is 1.73. The van der Waals surface area contributed by atoms with E-state index in [1.807, 2.05) is 24.3 Å². The van der Waals surface area contributed by atoms with Gasteiger partial charge in [0.1, 0.15) is 18.1 Å². The molecule has 150 valence electrons. The number of hydrogen-bond acceptors (Lipinski definition) is 8. The number of rotatable bonds is 5. The minimum absolute atomic E-state index is 0.0519. The van der Waals surface area contributed by atoms with Gasteiger partial charge in [-0.15, -0.1) is 0 Å². The van der Waals surface area contributed by atoms with E-state index in [9.17, 15) is 13.7 Å². The van der Waals surface area contributed by atoms with E-state index < -0.39 is 10.3 Å². The Labute approximate surface area is 172 Å². The number of hydrogen-bond donors (Lipinski definition) is 1. The standard InChI is InChI=1S/C19H15N7O3S/c1-25(26-12-23-16-4-2-3-5-17(16)26)19-22-11-14(10-20)18(24-19)13-6-8-15(9-7-13)29-30(21,27)28/h2-9,11-12H,1H3,(H2,21,27,28). The quantitative estimate of drug-likeness (QED) is 0.515. The van der Waals surface area contributed by atoms with Crippen molar-refractivity contribution < 1.29 is 12.6 Å². The van der Waals surface area contributed by atoms with Crippen LogP contribution in [0.5, 0.6) is 5.75 Å². The van der Waals surface area contributed by atoms with E-state index >= 15 is 0 Å². The third-order valence-corrected chi connectivity index (χ3v) is 4.71. The second-order valence-corrected chi connectivity index (χ2v) is 7.40. The van der Waals surface area contributed by atoms with Crippen LogP contribution >= 0.6 is 0 Å². The van der Waals surface area contributed by atoms with Crippen molar-refractivity contribution in [1.82, 2.24) is 19.6 Å². The Morgan fingerprint density at radius 2 is 1.87 bits per heavy atom. The highest BCUT2D eigenvalue weighted by molar-refractivity contribution is 7.84. The largest absolute Gasteiger partial charge is 0.380 e. The highest BCUT2D eigenvalue weighted by Crippen LogP contribution is 2.26. The maximum atomic E-state index is 11.1. The fraction of sp³-hybridized carbons (Fsp3) is 0.0526. The van der Waals surface area contributed by atoms with Crippen LogP contribution in [0, 0.1) is 11.3 Å². The molecule has 0 amide bonds. The number of fused-ring (bicyclic) bond motifs is 1. The van der Waals surface area contributed by atoms with Gasteiger partial charge in [-0.1, -0.05) is 12.1 Å². The smallest absolute Gasteiger partial charge is 0.371 e. The van der Waals surface area contributed by atoms with E-state index in [2.05, 4.69) is 25.2 Å². The van der Waals surface area contributed by atoms with Crippen LogP contribution in [-0.2, 0) is 10.3 Å². The topological polar surface area (TPSA) is 140 Å².